The van der Waals surface area contributed by atoms with Gasteiger partial charge in [0.1, 0.15) is 12.1 Å². The number of rotatable bonds is 6. The number of hydrogen-bond donors (Lipinski definition) is 2. The molecule has 0 saturated carbocycles. The number of nitrogens with one attached hydrogen (secondary N) is 2. The summed E-state index contributed by atoms with van der Waals surface area (Å²) >= 11 is 0. The fourth-order valence-corrected chi connectivity index (χ4v) is 2.75. The van der Waals surface area contributed by atoms with Crippen LogP contribution in [0.15, 0.2) is 29.3 Å². The Kier molecular flexibility index (Phi) is 9.71. The van der Waals surface area contributed by atoms with Gasteiger partial charge >= 0.3 is 5.97 Å². The number of halogens is 1. The van der Waals surface area contributed by atoms with Gasteiger partial charge in [0.2, 0.25) is 5.91 Å². The first-order valence-corrected chi connectivity index (χ1v) is 9.42. The molecular weight excluding hydrogens is 471 g/mol. The number of benzene rings is 1. The van der Waals surface area contributed by atoms with E-state index in [1.165, 1.54) is 0 Å². The first-order valence-electron chi connectivity index (χ1n) is 9.42. The molecule has 0 aliphatic carbocycles. The zero-order valence-electron chi connectivity index (χ0n) is 17.1. The summed E-state index contributed by atoms with van der Waals surface area (Å²) in [7, 11) is 0. The molecule has 1 saturated heterocycles. The molecule has 8 heteroatoms. The molecular formula is C20H31IN4O3. The average Bonchev–Trinajstić information content (AvgIpc) is 3.02. The predicted octanol–water partition coefficient (Wildman–Crippen LogP) is 2.83. The highest BCUT2D eigenvalue weighted by molar-refractivity contribution is 14.0. The van der Waals surface area contributed by atoms with E-state index in [2.05, 4.69) is 15.6 Å². The van der Waals surface area contributed by atoms with Crippen molar-refractivity contribution in [1.82, 2.24) is 10.6 Å². The molecule has 2 N–H and O–H groups in total. The summed E-state index contributed by atoms with van der Waals surface area (Å²) in [5.74, 6) is 0.413. The minimum atomic E-state index is -0.507. The fourth-order valence-electron chi connectivity index (χ4n) is 2.75. The third-order valence-corrected chi connectivity index (χ3v) is 3.91. The van der Waals surface area contributed by atoms with Crippen LogP contribution in [0.3, 0.4) is 0 Å². The molecule has 7 nitrogen and oxygen atoms in total. The minimum absolute atomic E-state index is 0. The number of amides is 1. The van der Waals surface area contributed by atoms with Crippen molar-refractivity contribution in [1.29, 1.82) is 0 Å². The molecule has 0 spiro atoms. The van der Waals surface area contributed by atoms with Crippen molar-refractivity contribution >= 4 is 47.5 Å². The minimum Gasteiger partial charge on any atom is -0.459 e. The summed E-state index contributed by atoms with van der Waals surface area (Å²) in [5, 5.41) is 6.10. The number of hydrogen-bond acceptors (Lipinski definition) is 4. The van der Waals surface area contributed by atoms with E-state index in [9.17, 15) is 9.59 Å². The van der Waals surface area contributed by atoms with Gasteiger partial charge in [-0.25, -0.2) is 4.99 Å². The molecule has 1 aliphatic heterocycles. The predicted molar refractivity (Wildman–Crippen MR) is 122 cm³/mol. The van der Waals surface area contributed by atoms with Crippen molar-refractivity contribution < 1.29 is 14.3 Å². The molecule has 0 aromatic heterocycles. The highest BCUT2D eigenvalue weighted by Gasteiger charge is 2.21. The average molecular weight is 502 g/mol. The Morgan fingerprint density at radius 1 is 1.21 bits per heavy atom. The number of guanidine groups is 1. The second-order valence-electron chi connectivity index (χ2n) is 7.45. The van der Waals surface area contributed by atoms with E-state index in [-0.39, 0.29) is 42.4 Å². The lowest BCUT2D eigenvalue weighted by Crippen LogP contribution is -2.41. The van der Waals surface area contributed by atoms with E-state index in [1.807, 2.05) is 56.9 Å². The lowest BCUT2D eigenvalue weighted by Gasteiger charge is -2.20. The lowest BCUT2D eigenvalue weighted by molar-refractivity contribution is -0.153. The summed E-state index contributed by atoms with van der Waals surface area (Å²) in [5.41, 5.74) is 1.45. The van der Waals surface area contributed by atoms with Crippen LogP contribution in [0.1, 0.15) is 46.1 Å². The monoisotopic (exact) mass is 502 g/mol. The van der Waals surface area contributed by atoms with Crippen LogP contribution in [0.4, 0.5) is 5.69 Å². The van der Waals surface area contributed by atoms with Gasteiger partial charge in [0.05, 0.1) is 6.54 Å². The van der Waals surface area contributed by atoms with Gasteiger partial charge in [0, 0.05) is 25.2 Å². The van der Waals surface area contributed by atoms with Crippen LogP contribution >= 0.6 is 24.0 Å². The van der Waals surface area contributed by atoms with E-state index in [0.717, 1.165) is 24.2 Å². The van der Waals surface area contributed by atoms with Crippen LogP contribution in [0.2, 0.25) is 0 Å². The Labute approximate surface area is 184 Å². The highest BCUT2D eigenvalue weighted by Crippen LogP contribution is 2.21. The maximum atomic E-state index is 11.8. The first-order chi connectivity index (χ1) is 12.8. The van der Waals surface area contributed by atoms with E-state index < -0.39 is 5.60 Å². The Hall–Kier alpha value is -1.84. The lowest BCUT2D eigenvalue weighted by atomic mass is 10.2. The maximum Gasteiger partial charge on any atom is 0.325 e. The van der Waals surface area contributed by atoms with Crippen molar-refractivity contribution in [2.75, 3.05) is 24.5 Å². The molecule has 1 aromatic carbocycles. The van der Waals surface area contributed by atoms with E-state index >= 15 is 0 Å². The molecule has 0 atom stereocenters. The maximum absolute atomic E-state index is 11.8. The summed E-state index contributed by atoms with van der Waals surface area (Å²) in [6, 6.07) is 7.86. The second kappa shape index (κ2) is 11.2. The number of carbonyl (C=O) groups is 2. The normalized spacial score (nSPS) is 14.5. The van der Waals surface area contributed by atoms with Gasteiger partial charge in [-0.15, -0.1) is 24.0 Å². The molecule has 2 rings (SSSR count). The largest absolute Gasteiger partial charge is 0.459 e. The quantitative estimate of drug-likeness (QED) is 0.271. The van der Waals surface area contributed by atoms with Crippen molar-refractivity contribution in [3.8, 4) is 0 Å². The second-order valence-corrected chi connectivity index (χ2v) is 7.45. The van der Waals surface area contributed by atoms with Crippen molar-refractivity contribution in [3.05, 3.63) is 29.8 Å². The number of esters is 1. The van der Waals surface area contributed by atoms with Crippen LogP contribution in [0, 0.1) is 0 Å². The highest BCUT2D eigenvalue weighted by atomic mass is 127. The van der Waals surface area contributed by atoms with Crippen LogP contribution in [0.5, 0.6) is 0 Å². The molecule has 0 unspecified atom stereocenters. The van der Waals surface area contributed by atoms with E-state index in [1.54, 1.807) is 0 Å². The molecule has 1 fully saturated rings. The number of aliphatic imine (C=N–C) groups is 1. The Morgan fingerprint density at radius 3 is 2.43 bits per heavy atom. The third-order valence-electron chi connectivity index (χ3n) is 3.91. The zero-order chi connectivity index (χ0) is 19.9. The van der Waals surface area contributed by atoms with E-state index in [4.69, 9.17) is 4.74 Å². The standard InChI is InChI=1S/C20H30N4O3.HI/c1-5-21-19(23-14-18(26)27-20(2,3)4)22-13-15-8-10-16(11-9-15)24-12-6-7-17(24)25;/h8-11H,5-7,12-14H2,1-4H3,(H2,21,22,23);1H. The van der Waals surface area contributed by atoms with Gasteiger partial charge in [-0.05, 0) is 51.8 Å². The first kappa shape index (κ1) is 24.2. The third kappa shape index (κ3) is 8.04. The number of carbonyl (C=O) groups excluding carboxylic acids is 2. The summed E-state index contributed by atoms with van der Waals surface area (Å²) in [6.07, 6.45) is 1.54. The molecule has 0 radical (unpaired) electrons. The number of anilines is 1. The summed E-state index contributed by atoms with van der Waals surface area (Å²) < 4.78 is 5.28. The van der Waals surface area contributed by atoms with Crippen molar-refractivity contribution in [3.63, 3.8) is 0 Å². The number of nitrogens with zero attached hydrogens (tertiary/aromatic N) is 2. The Balaban J connectivity index is 0.00000392. The molecule has 1 aliphatic rings. The smallest absolute Gasteiger partial charge is 0.325 e. The Morgan fingerprint density at radius 2 is 1.89 bits per heavy atom. The van der Waals surface area contributed by atoms with E-state index in [0.29, 0.717) is 25.5 Å². The summed E-state index contributed by atoms with van der Waals surface area (Å²) in [6.45, 7) is 9.48. The van der Waals surface area contributed by atoms with Gasteiger partial charge in [0.25, 0.3) is 0 Å². The van der Waals surface area contributed by atoms with Gasteiger partial charge in [0.15, 0.2) is 5.96 Å². The van der Waals surface area contributed by atoms with Crippen LogP contribution in [0.25, 0.3) is 0 Å². The van der Waals surface area contributed by atoms with Gasteiger partial charge < -0.3 is 20.3 Å². The molecule has 0 bridgehead atoms. The zero-order valence-corrected chi connectivity index (χ0v) is 19.4. The number of ether oxygens (including phenoxy) is 1. The SMILES string of the molecule is CCNC(=NCc1ccc(N2CCCC2=O)cc1)NCC(=O)OC(C)(C)C.I. The fraction of sp³-hybridized carbons (Fsp3) is 0.550. The van der Waals surface area contributed by atoms with Crippen LogP contribution in [-0.4, -0.2) is 43.1 Å². The van der Waals surface area contributed by atoms with Gasteiger partial charge in [-0.1, -0.05) is 12.1 Å². The van der Waals surface area contributed by atoms with Crippen LogP contribution in [-0.2, 0) is 20.9 Å². The molecule has 156 valence electrons. The van der Waals surface area contributed by atoms with Gasteiger partial charge in [-0.3, -0.25) is 9.59 Å². The molecule has 1 amide bonds. The molecule has 28 heavy (non-hydrogen) atoms. The molecule has 1 aromatic rings. The Bertz CT molecular complexity index is 684. The van der Waals surface area contributed by atoms with Gasteiger partial charge in [-0.2, -0.15) is 0 Å². The van der Waals surface area contributed by atoms with Crippen molar-refractivity contribution in [2.45, 2.75) is 52.7 Å². The topological polar surface area (TPSA) is 83.0 Å². The van der Waals surface area contributed by atoms with Crippen LogP contribution < -0.4 is 15.5 Å². The molecule has 1 heterocycles. The van der Waals surface area contributed by atoms with Crippen molar-refractivity contribution in [2.24, 2.45) is 4.99 Å². The summed E-state index contributed by atoms with van der Waals surface area (Å²) in [4.78, 5) is 30.0.